The van der Waals surface area contributed by atoms with E-state index in [1.54, 1.807) is 0 Å². The maximum atomic E-state index is 12.1. The van der Waals surface area contributed by atoms with E-state index in [9.17, 15) is 4.79 Å². The van der Waals surface area contributed by atoms with Crippen molar-refractivity contribution in [3.63, 3.8) is 0 Å². The molecule has 0 radical (unpaired) electrons. The fourth-order valence-corrected chi connectivity index (χ4v) is 1.97. The Labute approximate surface area is 99.9 Å². The Morgan fingerprint density at radius 3 is 2.12 bits per heavy atom. The van der Waals surface area contributed by atoms with E-state index in [0.717, 1.165) is 11.1 Å². The van der Waals surface area contributed by atoms with Crippen LogP contribution in [0.5, 0.6) is 0 Å². The van der Waals surface area contributed by atoms with Crippen molar-refractivity contribution in [3.05, 3.63) is 71.8 Å². The molecule has 1 saturated heterocycles. The molecule has 2 heteroatoms. The average Bonchev–Trinajstić information content (AvgIpc) is 3.20. The number of ether oxygens (including phenoxy) is 1. The molecule has 0 spiro atoms. The standard InChI is InChI=1S/C15H12O2/c16-13(11-7-3-1-4-8-11)15-14(17-15)12-9-5-2-6-10-12/h1-10,14-15H/t14-,15-/m0/s1. The second-order valence-electron chi connectivity index (χ2n) is 4.12. The third-order valence-corrected chi connectivity index (χ3v) is 2.94. The van der Waals surface area contributed by atoms with E-state index >= 15 is 0 Å². The van der Waals surface area contributed by atoms with Gasteiger partial charge in [-0.25, -0.2) is 0 Å². The number of hydrogen-bond acceptors (Lipinski definition) is 2. The van der Waals surface area contributed by atoms with Gasteiger partial charge in [0.05, 0.1) is 0 Å². The van der Waals surface area contributed by atoms with Crippen LogP contribution in [0.25, 0.3) is 0 Å². The predicted molar refractivity (Wildman–Crippen MR) is 64.8 cm³/mol. The molecule has 17 heavy (non-hydrogen) atoms. The van der Waals surface area contributed by atoms with E-state index in [2.05, 4.69) is 0 Å². The second kappa shape index (κ2) is 4.15. The van der Waals surface area contributed by atoms with Gasteiger partial charge in [-0.05, 0) is 5.56 Å². The smallest absolute Gasteiger partial charge is 0.194 e. The first-order valence-electron chi connectivity index (χ1n) is 5.66. The zero-order chi connectivity index (χ0) is 11.7. The molecule has 0 aromatic heterocycles. The molecule has 1 aliphatic heterocycles. The fraction of sp³-hybridized carbons (Fsp3) is 0.133. The molecule has 0 amide bonds. The zero-order valence-electron chi connectivity index (χ0n) is 9.24. The molecule has 0 saturated carbocycles. The number of benzene rings is 2. The van der Waals surface area contributed by atoms with E-state index in [0.29, 0.717) is 0 Å². The maximum Gasteiger partial charge on any atom is 0.194 e. The molecule has 0 N–H and O–H groups in total. The first-order valence-corrected chi connectivity index (χ1v) is 5.66. The first-order chi connectivity index (χ1) is 8.36. The minimum absolute atomic E-state index is 0.0658. The van der Waals surface area contributed by atoms with E-state index in [-0.39, 0.29) is 18.0 Å². The van der Waals surface area contributed by atoms with Crippen molar-refractivity contribution in [2.45, 2.75) is 12.2 Å². The molecule has 1 aliphatic rings. The van der Waals surface area contributed by atoms with Crippen LogP contribution in [-0.2, 0) is 4.74 Å². The van der Waals surface area contributed by atoms with Gasteiger partial charge < -0.3 is 4.74 Å². The summed E-state index contributed by atoms with van der Waals surface area (Å²) >= 11 is 0. The molecule has 2 nitrogen and oxygen atoms in total. The summed E-state index contributed by atoms with van der Waals surface area (Å²) in [6.45, 7) is 0. The summed E-state index contributed by atoms with van der Waals surface area (Å²) in [5.74, 6) is 0.0689. The van der Waals surface area contributed by atoms with Gasteiger partial charge in [0.2, 0.25) is 0 Å². The van der Waals surface area contributed by atoms with Gasteiger partial charge in [-0.3, -0.25) is 4.79 Å². The first kappa shape index (κ1) is 10.2. The Morgan fingerprint density at radius 2 is 1.47 bits per heavy atom. The molecule has 0 bridgehead atoms. The summed E-state index contributed by atoms with van der Waals surface area (Å²) in [7, 11) is 0. The molecular weight excluding hydrogens is 212 g/mol. The highest BCUT2D eigenvalue weighted by Gasteiger charge is 2.45. The summed E-state index contributed by atoms with van der Waals surface area (Å²) in [4.78, 5) is 12.1. The number of Topliss-reactive ketones (excluding diaryl/α,β-unsaturated/α-hetero) is 1. The van der Waals surface area contributed by atoms with Crippen molar-refractivity contribution < 1.29 is 9.53 Å². The van der Waals surface area contributed by atoms with Gasteiger partial charge in [-0.2, -0.15) is 0 Å². The van der Waals surface area contributed by atoms with Crippen LogP contribution in [0.15, 0.2) is 60.7 Å². The van der Waals surface area contributed by atoms with E-state index in [1.165, 1.54) is 0 Å². The molecule has 84 valence electrons. The Bertz CT molecular complexity index is 519. The number of hydrogen-bond donors (Lipinski definition) is 0. The van der Waals surface area contributed by atoms with Crippen molar-refractivity contribution >= 4 is 5.78 Å². The van der Waals surface area contributed by atoms with Gasteiger partial charge in [0, 0.05) is 5.56 Å². The van der Waals surface area contributed by atoms with Crippen molar-refractivity contribution in [3.8, 4) is 0 Å². The summed E-state index contributed by atoms with van der Waals surface area (Å²) < 4.78 is 5.47. The normalized spacial score (nSPS) is 22.1. The molecule has 2 aromatic rings. The van der Waals surface area contributed by atoms with Gasteiger partial charge in [-0.1, -0.05) is 60.7 Å². The third-order valence-electron chi connectivity index (χ3n) is 2.94. The van der Waals surface area contributed by atoms with Crippen molar-refractivity contribution in [2.75, 3.05) is 0 Å². The molecular formula is C15H12O2. The molecule has 2 atom stereocenters. The van der Waals surface area contributed by atoms with Gasteiger partial charge >= 0.3 is 0 Å². The quantitative estimate of drug-likeness (QED) is 0.592. The third kappa shape index (κ3) is 1.99. The van der Waals surface area contributed by atoms with Crippen LogP contribution in [0.1, 0.15) is 22.0 Å². The van der Waals surface area contributed by atoms with Crippen molar-refractivity contribution in [1.29, 1.82) is 0 Å². The fourth-order valence-electron chi connectivity index (χ4n) is 1.97. The summed E-state index contributed by atoms with van der Waals surface area (Å²) in [5.41, 5.74) is 1.79. The highest BCUT2D eigenvalue weighted by Crippen LogP contribution is 2.40. The molecule has 3 rings (SSSR count). The zero-order valence-corrected chi connectivity index (χ0v) is 9.24. The number of ketones is 1. The summed E-state index contributed by atoms with van der Waals surface area (Å²) in [6.07, 6.45) is -0.372. The summed E-state index contributed by atoms with van der Waals surface area (Å²) in [5, 5.41) is 0. The monoisotopic (exact) mass is 224 g/mol. The Morgan fingerprint density at radius 1 is 0.882 bits per heavy atom. The lowest BCUT2D eigenvalue weighted by molar-refractivity contribution is 0.0953. The van der Waals surface area contributed by atoms with Crippen LogP contribution < -0.4 is 0 Å². The lowest BCUT2D eigenvalue weighted by Crippen LogP contribution is -2.07. The van der Waals surface area contributed by atoms with Crippen molar-refractivity contribution in [2.24, 2.45) is 0 Å². The number of carbonyl (C=O) groups is 1. The summed E-state index contributed by atoms with van der Waals surface area (Å²) in [6, 6.07) is 19.1. The van der Waals surface area contributed by atoms with Gasteiger partial charge in [0.25, 0.3) is 0 Å². The van der Waals surface area contributed by atoms with Crippen LogP contribution in [0, 0.1) is 0 Å². The number of carbonyl (C=O) groups excluding carboxylic acids is 1. The highest BCUT2D eigenvalue weighted by atomic mass is 16.6. The molecule has 0 unspecified atom stereocenters. The minimum Gasteiger partial charge on any atom is -0.356 e. The van der Waals surface area contributed by atoms with Crippen LogP contribution in [0.3, 0.4) is 0 Å². The van der Waals surface area contributed by atoms with Crippen LogP contribution in [0.4, 0.5) is 0 Å². The largest absolute Gasteiger partial charge is 0.356 e. The highest BCUT2D eigenvalue weighted by molar-refractivity contribution is 6.01. The number of epoxide rings is 1. The average molecular weight is 224 g/mol. The Kier molecular flexibility index (Phi) is 2.50. The van der Waals surface area contributed by atoms with Gasteiger partial charge in [0.1, 0.15) is 6.10 Å². The van der Waals surface area contributed by atoms with Crippen LogP contribution in [-0.4, -0.2) is 11.9 Å². The topological polar surface area (TPSA) is 29.6 Å². The van der Waals surface area contributed by atoms with E-state index < -0.39 is 0 Å². The minimum atomic E-state index is -0.306. The Balaban J connectivity index is 1.76. The van der Waals surface area contributed by atoms with E-state index in [1.807, 2.05) is 60.7 Å². The number of rotatable bonds is 3. The molecule has 0 aliphatic carbocycles. The lowest BCUT2D eigenvalue weighted by Gasteiger charge is -1.96. The Hall–Kier alpha value is -1.93. The van der Waals surface area contributed by atoms with Crippen molar-refractivity contribution in [1.82, 2.24) is 0 Å². The van der Waals surface area contributed by atoms with E-state index in [4.69, 9.17) is 4.74 Å². The van der Waals surface area contributed by atoms with Crippen LogP contribution >= 0.6 is 0 Å². The predicted octanol–water partition coefficient (Wildman–Crippen LogP) is 3.01. The molecule has 1 fully saturated rings. The second-order valence-corrected chi connectivity index (χ2v) is 4.12. The van der Waals surface area contributed by atoms with Gasteiger partial charge in [-0.15, -0.1) is 0 Å². The maximum absolute atomic E-state index is 12.1. The van der Waals surface area contributed by atoms with Gasteiger partial charge in [0.15, 0.2) is 11.9 Å². The molecule has 2 aromatic carbocycles. The van der Waals surface area contributed by atoms with Crippen LogP contribution in [0.2, 0.25) is 0 Å². The lowest BCUT2D eigenvalue weighted by atomic mass is 10.0. The molecule has 1 heterocycles. The SMILES string of the molecule is O=C(c1ccccc1)[C@@H]1O[C@H]1c1ccccc1.